The fourth-order valence-electron chi connectivity index (χ4n) is 3.53. The Bertz CT molecular complexity index is 893. The van der Waals surface area contributed by atoms with Crippen molar-refractivity contribution >= 4 is 11.8 Å². The fourth-order valence-corrected chi connectivity index (χ4v) is 3.53. The molecule has 2 aromatic rings. The summed E-state index contributed by atoms with van der Waals surface area (Å²) in [5.41, 5.74) is 2.06. The van der Waals surface area contributed by atoms with E-state index in [0.717, 1.165) is 24.0 Å². The van der Waals surface area contributed by atoms with E-state index in [1.54, 1.807) is 37.3 Å². The van der Waals surface area contributed by atoms with Crippen LogP contribution in [0.25, 0.3) is 0 Å². The molecule has 1 atom stereocenters. The second kappa shape index (κ2) is 13.4. The maximum atomic E-state index is 13.3. The van der Waals surface area contributed by atoms with Crippen LogP contribution in [0.1, 0.15) is 44.2 Å². The summed E-state index contributed by atoms with van der Waals surface area (Å²) >= 11 is 0. The van der Waals surface area contributed by atoms with Gasteiger partial charge in [-0.05, 0) is 25.3 Å². The maximum absolute atomic E-state index is 13.3. The number of amides is 2. The molecule has 0 radical (unpaired) electrons. The molecule has 2 amide bonds. The molecule has 0 aliphatic carbocycles. The fraction of sp³-hybridized carbons (Fsp3) is 0.462. The molecule has 7 heteroatoms. The van der Waals surface area contributed by atoms with E-state index in [4.69, 9.17) is 14.2 Å². The van der Waals surface area contributed by atoms with Gasteiger partial charge in [-0.1, -0.05) is 50.1 Å². The van der Waals surface area contributed by atoms with Crippen LogP contribution in [-0.2, 0) is 16.1 Å². The largest absolute Gasteiger partial charge is 0.496 e. The Balaban J connectivity index is 2.22. The first-order valence-electron chi connectivity index (χ1n) is 11.4. The van der Waals surface area contributed by atoms with Crippen LogP contribution in [0.2, 0.25) is 0 Å². The summed E-state index contributed by atoms with van der Waals surface area (Å²) in [6.07, 6.45) is 2.39. The standard InChI is InChI=1S/C26H36N2O5/c1-6-8-12-27-26(30)24(7-2)28(17-20-11-9-10-19(3)13-20)25(29)18-33-23-15-21(31-4)14-22(16-23)32-5/h9-11,13-16,24H,6-8,12,17-18H2,1-5H3,(H,27,30)/t24-/m1/s1. The summed E-state index contributed by atoms with van der Waals surface area (Å²) in [5.74, 6) is 1.17. The zero-order valence-electron chi connectivity index (χ0n) is 20.3. The van der Waals surface area contributed by atoms with Gasteiger partial charge < -0.3 is 24.4 Å². The average Bonchev–Trinajstić information content (AvgIpc) is 2.82. The van der Waals surface area contributed by atoms with E-state index in [9.17, 15) is 9.59 Å². The molecule has 0 heterocycles. The molecular weight excluding hydrogens is 420 g/mol. The van der Waals surface area contributed by atoms with Crippen molar-refractivity contribution in [2.24, 2.45) is 0 Å². The van der Waals surface area contributed by atoms with Gasteiger partial charge in [-0.3, -0.25) is 9.59 Å². The molecule has 0 saturated heterocycles. The summed E-state index contributed by atoms with van der Waals surface area (Å²) in [7, 11) is 3.10. The van der Waals surface area contributed by atoms with Crippen LogP contribution in [0.15, 0.2) is 42.5 Å². The van der Waals surface area contributed by atoms with Gasteiger partial charge in [-0.15, -0.1) is 0 Å². The monoisotopic (exact) mass is 456 g/mol. The molecule has 180 valence electrons. The Labute approximate surface area is 197 Å². The van der Waals surface area contributed by atoms with Gasteiger partial charge in [-0.25, -0.2) is 0 Å². The predicted molar refractivity (Wildman–Crippen MR) is 129 cm³/mol. The summed E-state index contributed by atoms with van der Waals surface area (Å²) < 4.78 is 16.3. The number of aryl methyl sites for hydroxylation is 1. The molecule has 1 N–H and O–H groups in total. The number of nitrogens with one attached hydrogen (secondary N) is 1. The van der Waals surface area contributed by atoms with Crippen molar-refractivity contribution in [2.45, 2.75) is 52.6 Å². The Kier molecular flexibility index (Phi) is 10.5. The van der Waals surface area contributed by atoms with E-state index < -0.39 is 6.04 Å². The second-order valence-electron chi connectivity index (χ2n) is 7.92. The van der Waals surface area contributed by atoms with Gasteiger partial charge in [0.15, 0.2) is 6.61 Å². The first-order chi connectivity index (χ1) is 15.9. The molecule has 0 fully saturated rings. The lowest BCUT2D eigenvalue weighted by atomic mass is 10.1. The van der Waals surface area contributed by atoms with Crippen molar-refractivity contribution in [3.05, 3.63) is 53.6 Å². The summed E-state index contributed by atoms with van der Waals surface area (Å²) in [6, 6.07) is 12.5. The first kappa shape index (κ1) is 26.0. The molecule has 7 nitrogen and oxygen atoms in total. The number of unbranched alkanes of at least 4 members (excludes halogenated alkanes) is 1. The average molecular weight is 457 g/mol. The molecule has 0 saturated carbocycles. The third-order valence-electron chi connectivity index (χ3n) is 5.34. The number of carbonyl (C=O) groups is 2. The van der Waals surface area contributed by atoms with Crippen molar-refractivity contribution in [1.82, 2.24) is 10.2 Å². The zero-order valence-corrected chi connectivity index (χ0v) is 20.3. The minimum Gasteiger partial charge on any atom is -0.496 e. The topological polar surface area (TPSA) is 77.1 Å². The van der Waals surface area contributed by atoms with Crippen molar-refractivity contribution in [1.29, 1.82) is 0 Å². The molecular formula is C26H36N2O5. The van der Waals surface area contributed by atoms with Crippen LogP contribution in [0.4, 0.5) is 0 Å². The number of benzene rings is 2. The van der Waals surface area contributed by atoms with Crippen LogP contribution in [-0.4, -0.2) is 50.1 Å². The minimum atomic E-state index is -0.585. The van der Waals surface area contributed by atoms with Gasteiger partial charge in [0.1, 0.15) is 23.3 Å². The Morgan fingerprint density at radius 1 is 1.00 bits per heavy atom. The quantitative estimate of drug-likeness (QED) is 0.459. The van der Waals surface area contributed by atoms with Crippen LogP contribution in [0.5, 0.6) is 17.2 Å². The molecule has 33 heavy (non-hydrogen) atoms. The van der Waals surface area contributed by atoms with E-state index in [1.165, 1.54) is 0 Å². The second-order valence-corrected chi connectivity index (χ2v) is 7.92. The van der Waals surface area contributed by atoms with Crippen LogP contribution < -0.4 is 19.5 Å². The number of hydrogen-bond donors (Lipinski definition) is 1. The van der Waals surface area contributed by atoms with Gasteiger partial charge in [0, 0.05) is 31.3 Å². The highest BCUT2D eigenvalue weighted by Crippen LogP contribution is 2.27. The summed E-state index contributed by atoms with van der Waals surface area (Å²) in [6.45, 7) is 6.70. The van der Waals surface area contributed by atoms with Gasteiger partial charge in [-0.2, -0.15) is 0 Å². The van der Waals surface area contributed by atoms with Crippen LogP contribution in [0, 0.1) is 6.92 Å². The third-order valence-corrected chi connectivity index (χ3v) is 5.34. The molecule has 0 aromatic heterocycles. The van der Waals surface area contributed by atoms with Crippen molar-refractivity contribution in [2.75, 3.05) is 27.4 Å². The normalized spacial score (nSPS) is 11.4. The van der Waals surface area contributed by atoms with E-state index >= 15 is 0 Å². The first-order valence-corrected chi connectivity index (χ1v) is 11.4. The summed E-state index contributed by atoms with van der Waals surface area (Å²) in [5, 5.41) is 2.96. The lowest BCUT2D eigenvalue weighted by Crippen LogP contribution is -2.50. The van der Waals surface area contributed by atoms with Crippen LogP contribution in [0.3, 0.4) is 0 Å². The SMILES string of the molecule is CCCCNC(=O)[C@@H](CC)N(Cc1cccc(C)c1)C(=O)COc1cc(OC)cc(OC)c1. The van der Waals surface area contributed by atoms with Gasteiger partial charge in [0.05, 0.1) is 14.2 Å². The van der Waals surface area contributed by atoms with Crippen LogP contribution >= 0.6 is 0 Å². The van der Waals surface area contributed by atoms with E-state index in [0.29, 0.717) is 36.8 Å². The number of nitrogens with zero attached hydrogens (tertiary/aromatic N) is 1. The molecule has 0 unspecified atom stereocenters. The number of rotatable bonds is 13. The minimum absolute atomic E-state index is 0.144. The van der Waals surface area contributed by atoms with E-state index in [2.05, 4.69) is 12.2 Å². The number of carbonyl (C=O) groups excluding carboxylic acids is 2. The van der Waals surface area contributed by atoms with Gasteiger partial charge in [0.25, 0.3) is 5.91 Å². The number of hydrogen-bond acceptors (Lipinski definition) is 5. The number of ether oxygens (including phenoxy) is 3. The Morgan fingerprint density at radius 2 is 1.67 bits per heavy atom. The number of methoxy groups -OCH3 is 2. The highest BCUT2D eigenvalue weighted by Gasteiger charge is 2.29. The zero-order chi connectivity index (χ0) is 24.2. The summed E-state index contributed by atoms with van der Waals surface area (Å²) in [4.78, 5) is 27.8. The molecule has 0 spiro atoms. The lowest BCUT2D eigenvalue weighted by molar-refractivity contribution is -0.143. The Hall–Kier alpha value is -3.22. The third kappa shape index (κ3) is 8.00. The van der Waals surface area contributed by atoms with E-state index in [-0.39, 0.29) is 18.4 Å². The molecule has 0 aliphatic rings. The highest BCUT2D eigenvalue weighted by atomic mass is 16.5. The smallest absolute Gasteiger partial charge is 0.261 e. The molecule has 2 rings (SSSR count). The maximum Gasteiger partial charge on any atom is 0.261 e. The van der Waals surface area contributed by atoms with E-state index in [1.807, 2.05) is 38.1 Å². The highest BCUT2D eigenvalue weighted by molar-refractivity contribution is 5.88. The van der Waals surface area contributed by atoms with Crippen molar-refractivity contribution in [3.63, 3.8) is 0 Å². The van der Waals surface area contributed by atoms with Gasteiger partial charge >= 0.3 is 0 Å². The van der Waals surface area contributed by atoms with Gasteiger partial charge in [0.2, 0.25) is 5.91 Å². The lowest BCUT2D eigenvalue weighted by Gasteiger charge is -2.30. The van der Waals surface area contributed by atoms with Crippen molar-refractivity contribution < 1.29 is 23.8 Å². The molecule has 0 aliphatic heterocycles. The molecule has 0 bridgehead atoms. The Morgan fingerprint density at radius 3 is 2.24 bits per heavy atom. The molecule has 2 aromatic carbocycles. The predicted octanol–water partition coefficient (Wildman–Crippen LogP) is 4.11. The van der Waals surface area contributed by atoms with Crippen molar-refractivity contribution in [3.8, 4) is 17.2 Å².